The highest BCUT2D eigenvalue weighted by Crippen LogP contribution is 2.31. The Bertz CT molecular complexity index is 912. The molecule has 0 radical (unpaired) electrons. The van der Waals surface area contributed by atoms with E-state index >= 15 is 0 Å². The molecule has 3 rings (SSSR count). The summed E-state index contributed by atoms with van der Waals surface area (Å²) in [6.45, 7) is 0.0919. The normalized spacial score (nSPS) is 14.9. The minimum Gasteiger partial charge on any atom is -0.497 e. The van der Waals surface area contributed by atoms with Crippen LogP contribution in [0.5, 0.6) is 11.5 Å². The summed E-state index contributed by atoms with van der Waals surface area (Å²) in [5, 5.41) is 2.30. The van der Waals surface area contributed by atoms with E-state index in [1.54, 1.807) is 37.5 Å². The second-order valence-electron chi connectivity index (χ2n) is 6.06. The summed E-state index contributed by atoms with van der Waals surface area (Å²) in [5.74, 6) is 0.540. The van der Waals surface area contributed by atoms with Gasteiger partial charge in [0.15, 0.2) is 6.61 Å². The van der Waals surface area contributed by atoms with E-state index in [9.17, 15) is 14.4 Å². The molecule has 3 amide bonds. The second kappa shape index (κ2) is 9.79. The van der Waals surface area contributed by atoms with Crippen molar-refractivity contribution in [3.8, 4) is 11.5 Å². The zero-order valence-electron chi connectivity index (χ0n) is 15.8. The molecule has 1 fully saturated rings. The number of nitrogens with one attached hydrogen (secondary N) is 1. The minimum atomic E-state index is -0.354. The topological polar surface area (TPSA) is 84.9 Å². The molecule has 1 aliphatic rings. The van der Waals surface area contributed by atoms with Crippen LogP contribution in [0.2, 0.25) is 0 Å². The first-order chi connectivity index (χ1) is 14.1. The average Bonchev–Trinajstić information content (AvgIpc) is 3.00. The van der Waals surface area contributed by atoms with Crippen molar-refractivity contribution in [2.24, 2.45) is 0 Å². The number of methoxy groups -OCH3 is 1. The first-order valence-corrected chi connectivity index (χ1v) is 9.72. The van der Waals surface area contributed by atoms with E-state index in [1.807, 2.05) is 30.3 Å². The summed E-state index contributed by atoms with van der Waals surface area (Å²) >= 11 is 0.897. The second-order valence-corrected chi connectivity index (χ2v) is 7.05. The number of nitrogens with zero attached hydrogens (tertiary/aromatic N) is 1. The monoisotopic (exact) mass is 412 g/mol. The summed E-state index contributed by atoms with van der Waals surface area (Å²) in [6.07, 6.45) is 1.69. The van der Waals surface area contributed by atoms with Crippen molar-refractivity contribution in [1.82, 2.24) is 10.2 Å². The Morgan fingerprint density at radius 3 is 2.45 bits per heavy atom. The molecule has 150 valence electrons. The fourth-order valence-electron chi connectivity index (χ4n) is 2.57. The zero-order valence-corrected chi connectivity index (χ0v) is 16.6. The van der Waals surface area contributed by atoms with Crippen molar-refractivity contribution in [3.05, 3.63) is 65.1 Å². The molecule has 1 N–H and O–H groups in total. The predicted molar refractivity (Wildman–Crippen MR) is 111 cm³/mol. The van der Waals surface area contributed by atoms with Gasteiger partial charge in [-0.15, -0.1) is 0 Å². The molecule has 0 aliphatic carbocycles. The number of carbonyl (C=O) groups is 3. The van der Waals surface area contributed by atoms with Gasteiger partial charge in [-0.25, -0.2) is 0 Å². The third kappa shape index (κ3) is 5.61. The van der Waals surface area contributed by atoms with Gasteiger partial charge in [-0.2, -0.15) is 0 Å². The Labute approximate surface area is 172 Å². The number of hydrogen-bond acceptors (Lipinski definition) is 6. The van der Waals surface area contributed by atoms with Crippen LogP contribution in [-0.4, -0.2) is 48.8 Å². The van der Waals surface area contributed by atoms with Crippen molar-refractivity contribution in [1.29, 1.82) is 0 Å². The fraction of sp³-hybridized carbons (Fsp3) is 0.190. The van der Waals surface area contributed by atoms with Gasteiger partial charge in [-0.3, -0.25) is 19.3 Å². The molecule has 0 aromatic heterocycles. The Morgan fingerprint density at radius 2 is 1.76 bits per heavy atom. The van der Waals surface area contributed by atoms with Crippen molar-refractivity contribution in [2.45, 2.75) is 0 Å². The molecule has 1 aliphatic heterocycles. The van der Waals surface area contributed by atoms with Gasteiger partial charge in [0.1, 0.15) is 11.5 Å². The van der Waals surface area contributed by atoms with Crippen LogP contribution in [0.25, 0.3) is 6.08 Å². The van der Waals surface area contributed by atoms with E-state index in [-0.39, 0.29) is 36.7 Å². The van der Waals surface area contributed by atoms with E-state index in [0.29, 0.717) is 16.4 Å². The van der Waals surface area contributed by atoms with E-state index in [0.717, 1.165) is 22.2 Å². The molecule has 0 spiro atoms. The van der Waals surface area contributed by atoms with Crippen molar-refractivity contribution in [2.75, 3.05) is 26.8 Å². The number of thioether (sulfide) groups is 1. The van der Waals surface area contributed by atoms with Crippen LogP contribution in [0.15, 0.2) is 59.5 Å². The molecular weight excluding hydrogens is 392 g/mol. The molecule has 2 aromatic carbocycles. The number of ether oxygens (including phenoxy) is 2. The maximum absolute atomic E-state index is 12.4. The Hall–Kier alpha value is -3.26. The molecule has 0 atom stereocenters. The van der Waals surface area contributed by atoms with E-state index in [2.05, 4.69) is 5.32 Å². The third-order valence-electron chi connectivity index (χ3n) is 4.06. The maximum atomic E-state index is 12.4. The lowest BCUT2D eigenvalue weighted by Crippen LogP contribution is -2.38. The van der Waals surface area contributed by atoms with Gasteiger partial charge >= 0.3 is 0 Å². The Morgan fingerprint density at radius 1 is 1.07 bits per heavy atom. The first kappa shape index (κ1) is 20.5. The van der Waals surface area contributed by atoms with Crippen LogP contribution >= 0.6 is 11.8 Å². The lowest BCUT2D eigenvalue weighted by molar-refractivity contribution is -0.125. The number of rotatable bonds is 8. The summed E-state index contributed by atoms with van der Waals surface area (Å²) in [6, 6.07) is 16.2. The standard InChI is InChI=1S/C21H20N2O5S/c1-27-16-7-9-17(10-8-16)28-14-19(24)22-11-12-23-20(25)18(29-21(23)26)13-15-5-3-2-4-6-15/h2-10,13H,11-12,14H2,1H3,(H,22,24). The smallest absolute Gasteiger partial charge is 0.293 e. The minimum absolute atomic E-state index is 0.102. The molecule has 8 heteroatoms. The van der Waals surface area contributed by atoms with Crippen LogP contribution in [0.3, 0.4) is 0 Å². The van der Waals surface area contributed by atoms with Crippen LogP contribution in [0.4, 0.5) is 4.79 Å². The predicted octanol–water partition coefficient (Wildman–Crippen LogP) is 2.93. The number of amides is 3. The van der Waals surface area contributed by atoms with Gasteiger partial charge in [0, 0.05) is 13.1 Å². The molecule has 0 unspecified atom stereocenters. The van der Waals surface area contributed by atoms with Crippen molar-refractivity contribution < 1.29 is 23.9 Å². The number of carbonyl (C=O) groups excluding carboxylic acids is 3. The quantitative estimate of drug-likeness (QED) is 0.671. The lowest BCUT2D eigenvalue weighted by atomic mass is 10.2. The molecule has 7 nitrogen and oxygen atoms in total. The highest BCUT2D eigenvalue weighted by atomic mass is 32.2. The average molecular weight is 412 g/mol. The van der Waals surface area contributed by atoms with Crippen molar-refractivity contribution >= 4 is 34.9 Å². The van der Waals surface area contributed by atoms with E-state index < -0.39 is 0 Å². The molecular formula is C21H20N2O5S. The van der Waals surface area contributed by atoms with Gasteiger partial charge < -0.3 is 14.8 Å². The van der Waals surface area contributed by atoms with Gasteiger partial charge in [0.2, 0.25) is 0 Å². The Balaban J connectivity index is 1.44. The van der Waals surface area contributed by atoms with Gasteiger partial charge in [-0.1, -0.05) is 30.3 Å². The molecule has 1 saturated heterocycles. The van der Waals surface area contributed by atoms with Gasteiger partial charge in [-0.05, 0) is 47.7 Å². The van der Waals surface area contributed by atoms with Gasteiger partial charge in [0.25, 0.3) is 17.1 Å². The molecule has 1 heterocycles. The van der Waals surface area contributed by atoms with Crippen LogP contribution in [-0.2, 0) is 9.59 Å². The fourth-order valence-corrected chi connectivity index (χ4v) is 3.44. The summed E-state index contributed by atoms with van der Waals surface area (Å²) in [7, 11) is 1.57. The first-order valence-electron chi connectivity index (χ1n) is 8.91. The zero-order chi connectivity index (χ0) is 20.6. The summed E-state index contributed by atoms with van der Waals surface area (Å²) in [4.78, 5) is 37.9. The number of benzene rings is 2. The van der Waals surface area contributed by atoms with Gasteiger partial charge in [0.05, 0.1) is 12.0 Å². The van der Waals surface area contributed by atoms with Crippen molar-refractivity contribution in [3.63, 3.8) is 0 Å². The van der Waals surface area contributed by atoms with E-state index in [4.69, 9.17) is 9.47 Å². The highest BCUT2D eigenvalue weighted by Gasteiger charge is 2.34. The SMILES string of the molecule is COc1ccc(OCC(=O)NCCN2C(=O)SC(=Cc3ccccc3)C2=O)cc1. The Kier molecular flexibility index (Phi) is 6.91. The summed E-state index contributed by atoms with van der Waals surface area (Å²) < 4.78 is 10.4. The number of imide groups is 1. The maximum Gasteiger partial charge on any atom is 0.293 e. The highest BCUT2D eigenvalue weighted by molar-refractivity contribution is 8.18. The lowest BCUT2D eigenvalue weighted by Gasteiger charge is -2.13. The van der Waals surface area contributed by atoms with Crippen LogP contribution in [0, 0.1) is 0 Å². The third-order valence-corrected chi connectivity index (χ3v) is 4.97. The molecule has 0 saturated carbocycles. The van der Waals surface area contributed by atoms with E-state index in [1.165, 1.54) is 0 Å². The molecule has 0 bridgehead atoms. The number of hydrogen-bond donors (Lipinski definition) is 1. The summed E-state index contributed by atoms with van der Waals surface area (Å²) in [5.41, 5.74) is 0.849. The van der Waals surface area contributed by atoms with Crippen LogP contribution < -0.4 is 14.8 Å². The van der Waals surface area contributed by atoms with Crippen LogP contribution in [0.1, 0.15) is 5.56 Å². The molecule has 29 heavy (non-hydrogen) atoms. The molecule has 2 aromatic rings. The largest absolute Gasteiger partial charge is 0.497 e.